The Hall–Kier alpha value is -2.04. The van der Waals surface area contributed by atoms with Gasteiger partial charge in [-0.25, -0.2) is 4.99 Å². The summed E-state index contributed by atoms with van der Waals surface area (Å²) in [6.07, 6.45) is 0. The average molecular weight is 184 g/mol. The molecule has 0 aromatic heterocycles. The minimum Gasteiger partial charge on any atom is -0.366 e. The maximum absolute atomic E-state index is 5.42. The van der Waals surface area contributed by atoms with E-state index < -0.39 is 0 Å². The number of azo groups is 1. The van der Waals surface area contributed by atoms with Crippen LogP contribution in [0.4, 0.5) is 5.69 Å². The summed E-state index contributed by atoms with van der Waals surface area (Å²) in [6, 6.07) is 8.41. The normalized spacial score (nSPS) is 18.6. The van der Waals surface area contributed by atoms with Crippen molar-refractivity contribution in [3.8, 4) is 0 Å². The van der Waals surface area contributed by atoms with Crippen LogP contribution in [0, 0.1) is 6.04 Å². The predicted octanol–water partition coefficient (Wildman–Crippen LogP) is 1.39. The number of benzene rings is 1. The van der Waals surface area contributed by atoms with Crippen molar-refractivity contribution in [1.29, 1.82) is 0 Å². The Morgan fingerprint density at radius 2 is 1.86 bits per heavy atom. The van der Waals surface area contributed by atoms with Crippen LogP contribution < -0.4 is 5.73 Å². The maximum Gasteiger partial charge on any atom is 0.241 e. The van der Waals surface area contributed by atoms with Crippen LogP contribution in [0.5, 0.6) is 0 Å². The van der Waals surface area contributed by atoms with E-state index >= 15 is 0 Å². The van der Waals surface area contributed by atoms with Crippen LogP contribution in [-0.2, 0) is 0 Å². The van der Waals surface area contributed by atoms with Gasteiger partial charge in [0.2, 0.25) is 12.0 Å². The summed E-state index contributed by atoms with van der Waals surface area (Å²) in [5, 5.41) is 7.68. The van der Waals surface area contributed by atoms with Crippen molar-refractivity contribution in [3.63, 3.8) is 0 Å². The Kier molecular flexibility index (Phi) is 1.30. The van der Waals surface area contributed by atoms with E-state index in [9.17, 15) is 0 Å². The molecule has 2 heterocycles. The number of hydrogen-bond acceptors (Lipinski definition) is 5. The van der Waals surface area contributed by atoms with Gasteiger partial charge in [0.05, 0.1) is 5.69 Å². The largest absolute Gasteiger partial charge is 0.366 e. The Morgan fingerprint density at radius 3 is 2.79 bits per heavy atom. The molecule has 2 aliphatic heterocycles. The Labute approximate surface area is 80.1 Å². The molecular formula is C9H6N5. The van der Waals surface area contributed by atoms with E-state index in [1.807, 2.05) is 24.3 Å². The molecule has 3 rings (SSSR count). The summed E-state index contributed by atoms with van der Waals surface area (Å²) in [6.45, 7) is 0. The molecule has 67 valence electrons. The smallest absolute Gasteiger partial charge is 0.241 e. The first-order valence-electron chi connectivity index (χ1n) is 4.16. The fraction of sp³-hybridized carbons (Fsp3) is 0. The summed E-state index contributed by atoms with van der Waals surface area (Å²) in [5.74, 6) is 0.707. The molecule has 14 heavy (non-hydrogen) atoms. The number of nitrogens with zero attached hydrogens (tertiary/aromatic N) is 4. The Balaban J connectivity index is 2.17. The minimum atomic E-state index is 0.153. The van der Waals surface area contributed by atoms with Gasteiger partial charge in [-0.05, 0) is 6.07 Å². The van der Waals surface area contributed by atoms with Crippen LogP contribution in [0.1, 0.15) is 5.56 Å². The molecule has 1 aromatic carbocycles. The van der Waals surface area contributed by atoms with Crippen LogP contribution in [0.2, 0.25) is 0 Å². The van der Waals surface area contributed by atoms with Gasteiger partial charge in [0, 0.05) is 5.56 Å². The second-order valence-corrected chi connectivity index (χ2v) is 2.97. The minimum absolute atomic E-state index is 0.153. The van der Waals surface area contributed by atoms with E-state index in [1.54, 1.807) is 0 Å². The van der Waals surface area contributed by atoms with Gasteiger partial charge in [-0.2, -0.15) is 10.1 Å². The highest BCUT2D eigenvalue weighted by atomic mass is 15.3. The molecule has 2 aliphatic rings. The number of nitrogens with two attached hydrogens (primary N) is 1. The van der Waals surface area contributed by atoms with E-state index in [4.69, 9.17) is 5.73 Å². The van der Waals surface area contributed by atoms with E-state index in [0.717, 1.165) is 11.3 Å². The van der Waals surface area contributed by atoms with Crippen LogP contribution in [0.15, 0.2) is 44.5 Å². The summed E-state index contributed by atoms with van der Waals surface area (Å²) in [5.41, 5.74) is 7.25. The standard InChI is InChI=1S/C9H6N5/c10-9-12-8-7(13-14-9)5-3-1-2-4-6(5)11-8/h1-4H,(H2,10,11,12). The molecule has 0 spiro atoms. The van der Waals surface area contributed by atoms with E-state index in [1.165, 1.54) is 0 Å². The third-order valence-electron chi connectivity index (χ3n) is 2.07. The van der Waals surface area contributed by atoms with Crippen LogP contribution in [-0.4, -0.2) is 11.8 Å². The molecular weight excluding hydrogens is 178 g/mol. The number of guanidine groups is 1. The van der Waals surface area contributed by atoms with Gasteiger partial charge in [0.1, 0.15) is 0 Å². The van der Waals surface area contributed by atoms with Gasteiger partial charge < -0.3 is 5.73 Å². The van der Waals surface area contributed by atoms with Gasteiger partial charge in [-0.1, -0.05) is 18.2 Å². The molecule has 0 aliphatic carbocycles. The molecule has 0 bridgehead atoms. The SMILES string of the molecule is NC1=NC2=Nc3ccccc3[C]2N=N1. The van der Waals surface area contributed by atoms with E-state index in [2.05, 4.69) is 20.2 Å². The third kappa shape index (κ3) is 0.891. The topological polar surface area (TPSA) is 75.5 Å². The van der Waals surface area contributed by atoms with Crippen molar-refractivity contribution in [3.05, 3.63) is 35.9 Å². The summed E-state index contributed by atoms with van der Waals surface area (Å²) in [4.78, 5) is 8.29. The number of hydrogen-bond donors (Lipinski definition) is 1. The van der Waals surface area contributed by atoms with Crippen LogP contribution in [0.3, 0.4) is 0 Å². The van der Waals surface area contributed by atoms with E-state index in [0.29, 0.717) is 11.9 Å². The fourth-order valence-corrected chi connectivity index (χ4v) is 1.47. The van der Waals surface area contributed by atoms with Gasteiger partial charge in [-0.3, -0.25) is 0 Å². The first kappa shape index (κ1) is 7.37. The Bertz CT molecular complexity index is 486. The summed E-state index contributed by atoms with van der Waals surface area (Å²) >= 11 is 0. The molecule has 0 unspecified atom stereocenters. The van der Waals surface area contributed by atoms with Crippen molar-refractivity contribution >= 4 is 17.5 Å². The van der Waals surface area contributed by atoms with Gasteiger partial charge in [0.15, 0.2) is 5.84 Å². The highest BCUT2D eigenvalue weighted by molar-refractivity contribution is 6.11. The van der Waals surface area contributed by atoms with Gasteiger partial charge in [0.25, 0.3) is 0 Å². The monoisotopic (exact) mass is 184 g/mol. The molecule has 1 aromatic rings. The molecule has 5 heteroatoms. The zero-order chi connectivity index (χ0) is 9.54. The number of para-hydroxylation sites is 1. The molecule has 0 fully saturated rings. The lowest BCUT2D eigenvalue weighted by Gasteiger charge is -2.06. The second kappa shape index (κ2) is 2.47. The van der Waals surface area contributed by atoms with Crippen LogP contribution in [0.25, 0.3) is 0 Å². The average Bonchev–Trinajstić information content (AvgIpc) is 2.54. The molecule has 0 saturated carbocycles. The summed E-state index contributed by atoms with van der Waals surface area (Å²) in [7, 11) is 0. The lowest BCUT2D eigenvalue weighted by atomic mass is 10.1. The highest BCUT2D eigenvalue weighted by Gasteiger charge is 2.30. The van der Waals surface area contributed by atoms with Gasteiger partial charge >= 0.3 is 0 Å². The molecule has 0 amide bonds. The van der Waals surface area contributed by atoms with Crippen molar-refractivity contribution in [1.82, 2.24) is 0 Å². The van der Waals surface area contributed by atoms with Crippen molar-refractivity contribution in [2.24, 2.45) is 25.9 Å². The molecule has 5 nitrogen and oxygen atoms in total. The predicted molar refractivity (Wildman–Crippen MR) is 52.4 cm³/mol. The second-order valence-electron chi connectivity index (χ2n) is 2.97. The van der Waals surface area contributed by atoms with Crippen LogP contribution >= 0.6 is 0 Å². The Morgan fingerprint density at radius 1 is 1.00 bits per heavy atom. The number of rotatable bonds is 0. The quantitative estimate of drug-likeness (QED) is 0.649. The molecule has 0 saturated heterocycles. The lowest BCUT2D eigenvalue weighted by molar-refractivity contribution is 1.07. The third-order valence-corrected chi connectivity index (χ3v) is 2.07. The van der Waals surface area contributed by atoms with Crippen molar-refractivity contribution in [2.75, 3.05) is 0 Å². The number of fused-ring (bicyclic) bond motifs is 3. The zero-order valence-corrected chi connectivity index (χ0v) is 7.18. The lowest BCUT2D eigenvalue weighted by Crippen LogP contribution is -2.18. The van der Waals surface area contributed by atoms with Crippen molar-refractivity contribution in [2.45, 2.75) is 0 Å². The molecule has 1 radical (unpaired) electrons. The summed E-state index contributed by atoms with van der Waals surface area (Å²) < 4.78 is 0. The zero-order valence-electron chi connectivity index (χ0n) is 7.18. The number of amidine groups is 1. The fourth-order valence-electron chi connectivity index (χ4n) is 1.47. The molecule has 0 atom stereocenters. The van der Waals surface area contributed by atoms with Gasteiger partial charge in [-0.15, -0.1) is 5.11 Å². The van der Waals surface area contributed by atoms with E-state index in [-0.39, 0.29) is 5.96 Å². The number of aliphatic imine (C=N–C) groups is 2. The first-order chi connectivity index (χ1) is 6.84. The molecule has 2 N–H and O–H groups in total. The maximum atomic E-state index is 5.42. The van der Waals surface area contributed by atoms with Crippen molar-refractivity contribution < 1.29 is 0 Å². The first-order valence-corrected chi connectivity index (χ1v) is 4.16. The highest BCUT2D eigenvalue weighted by Crippen LogP contribution is 2.36.